The Balaban J connectivity index is 1.75. The van der Waals surface area contributed by atoms with Gasteiger partial charge in [-0.2, -0.15) is 0 Å². The van der Waals surface area contributed by atoms with Crippen LogP contribution < -0.4 is 10.9 Å². The van der Waals surface area contributed by atoms with E-state index in [2.05, 4.69) is 34.3 Å². The van der Waals surface area contributed by atoms with Crippen LogP contribution in [0, 0.1) is 0 Å². The van der Waals surface area contributed by atoms with Gasteiger partial charge in [0, 0.05) is 0 Å². The Hall–Kier alpha value is -1.23. The molecule has 0 saturated carbocycles. The summed E-state index contributed by atoms with van der Waals surface area (Å²) in [5, 5.41) is 0. The van der Waals surface area contributed by atoms with Crippen molar-refractivity contribution in [2.75, 3.05) is 0 Å². The molecule has 0 bridgehead atoms. The SMILES string of the molecule is C=C1OB(c2ccc(B3OC(C)(C)C(C)(C)O3)cc2)OC1(C)C. The van der Waals surface area contributed by atoms with Crippen molar-refractivity contribution in [1.29, 1.82) is 0 Å². The molecule has 2 heterocycles. The van der Waals surface area contributed by atoms with Gasteiger partial charge in [-0.1, -0.05) is 30.8 Å². The summed E-state index contributed by atoms with van der Waals surface area (Å²) in [7, 11) is -0.768. The molecule has 0 aromatic heterocycles. The molecule has 0 radical (unpaired) electrons. The van der Waals surface area contributed by atoms with E-state index in [9.17, 15) is 0 Å². The number of benzene rings is 1. The van der Waals surface area contributed by atoms with Crippen LogP contribution in [0.25, 0.3) is 0 Å². The molecular weight excluding hydrogens is 290 g/mol. The molecule has 2 saturated heterocycles. The van der Waals surface area contributed by atoms with Crippen molar-refractivity contribution in [3.63, 3.8) is 0 Å². The van der Waals surface area contributed by atoms with Crippen LogP contribution in [0.15, 0.2) is 36.6 Å². The number of hydrogen-bond donors (Lipinski definition) is 0. The second-order valence-corrected chi connectivity index (χ2v) is 7.76. The van der Waals surface area contributed by atoms with E-state index in [0.717, 1.165) is 10.9 Å². The molecule has 2 aliphatic heterocycles. The summed E-state index contributed by atoms with van der Waals surface area (Å²) in [6.45, 7) is 16.0. The first-order valence-electron chi connectivity index (χ1n) is 8.01. The topological polar surface area (TPSA) is 36.9 Å². The summed E-state index contributed by atoms with van der Waals surface area (Å²) >= 11 is 0. The van der Waals surface area contributed by atoms with Crippen LogP contribution in [0.4, 0.5) is 0 Å². The third-order valence-electron chi connectivity index (χ3n) is 5.06. The molecule has 0 amide bonds. The second kappa shape index (κ2) is 5.13. The van der Waals surface area contributed by atoms with Gasteiger partial charge in [-0.25, -0.2) is 0 Å². The highest BCUT2D eigenvalue weighted by Gasteiger charge is 2.51. The lowest BCUT2D eigenvalue weighted by molar-refractivity contribution is 0.00578. The predicted octanol–water partition coefficient (Wildman–Crippen LogP) is 2.02. The molecule has 0 atom stereocenters. The zero-order chi connectivity index (χ0) is 17.0. The normalized spacial score (nSPS) is 24.9. The minimum absolute atomic E-state index is 0.338. The number of hydrogen-bond acceptors (Lipinski definition) is 4. The van der Waals surface area contributed by atoms with E-state index in [4.69, 9.17) is 18.6 Å². The summed E-state index contributed by atoms with van der Waals surface area (Å²) < 4.78 is 23.7. The van der Waals surface area contributed by atoms with Crippen molar-refractivity contribution in [2.45, 2.75) is 58.3 Å². The van der Waals surface area contributed by atoms with Crippen LogP contribution in [0.2, 0.25) is 0 Å². The highest BCUT2D eigenvalue weighted by atomic mass is 16.7. The van der Waals surface area contributed by atoms with E-state index in [0.29, 0.717) is 5.76 Å². The van der Waals surface area contributed by atoms with E-state index < -0.39 is 12.7 Å². The summed E-state index contributed by atoms with van der Waals surface area (Å²) in [5.41, 5.74) is 0.807. The monoisotopic (exact) mass is 314 g/mol. The lowest BCUT2D eigenvalue weighted by Crippen LogP contribution is -2.41. The summed E-state index contributed by atoms with van der Waals surface area (Å²) in [6, 6.07) is 7.97. The lowest BCUT2D eigenvalue weighted by Gasteiger charge is -2.32. The molecule has 0 N–H and O–H groups in total. The van der Waals surface area contributed by atoms with Crippen LogP contribution in [-0.2, 0) is 18.6 Å². The van der Waals surface area contributed by atoms with Gasteiger partial charge in [-0.3, -0.25) is 0 Å². The molecular formula is C17H24B2O4. The van der Waals surface area contributed by atoms with Crippen LogP contribution in [-0.4, -0.2) is 31.0 Å². The molecule has 23 heavy (non-hydrogen) atoms. The highest BCUT2D eigenvalue weighted by molar-refractivity contribution is 6.64. The molecule has 1 aromatic carbocycles. The van der Waals surface area contributed by atoms with E-state index in [1.807, 2.05) is 38.1 Å². The average Bonchev–Trinajstić information content (AvgIpc) is 2.83. The Morgan fingerprint density at radius 1 is 0.739 bits per heavy atom. The second-order valence-electron chi connectivity index (χ2n) is 7.76. The van der Waals surface area contributed by atoms with E-state index >= 15 is 0 Å². The molecule has 0 unspecified atom stereocenters. The fraction of sp³-hybridized carbons (Fsp3) is 0.529. The average molecular weight is 314 g/mol. The van der Waals surface area contributed by atoms with Gasteiger partial charge < -0.3 is 18.6 Å². The van der Waals surface area contributed by atoms with Crippen LogP contribution in [0.3, 0.4) is 0 Å². The molecule has 0 aliphatic carbocycles. The maximum absolute atomic E-state index is 6.07. The summed E-state index contributed by atoms with van der Waals surface area (Å²) in [5.74, 6) is 0.650. The van der Waals surface area contributed by atoms with Crippen LogP contribution in [0.1, 0.15) is 41.5 Å². The lowest BCUT2D eigenvalue weighted by atomic mass is 9.74. The minimum atomic E-state index is -0.463. The maximum atomic E-state index is 6.07. The Bertz CT molecular complexity index is 606. The van der Waals surface area contributed by atoms with E-state index in [1.165, 1.54) is 0 Å². The fourth-order valence-corrected chi connectivity index (χ4v) is 2.55. The van der Waals surface area contributed by atoms with Gasteiger partial charge in [0.05, 0.1) is 17.0 Å². The smallest absolute Gasteiger partial charge is 0.534 e. The largest absolute Gasteiger partial charge is 0.563 e. The van der Waals surface area contributed by atoms with Crippen molar-refractivity contribution in [1.82, 2.24) is 0 Å². The first-order valence-corrected chi connectivity index (χ1v) is 8.01. The molecule has 3 rings (SSSR count). The highest BCUT2D eigenvalue weighted by Crippen LogP contribution is 2.36. The first kappa shape index (κ1) is 16.6. The minimum Gasteiger partial charge on any atom is -0.534 e. The molecule has 4 nitrogen and oxygen atoms in total. The van der Waals surface area contributed by atoms with Crippen LogP contribution in [0.5, 0.6) is 0 Å². The Morgan fingerprint density at radius 2 is 1.17 bits per heavy atom. The zero-order valence-electron chi connectivity index (χ0n) is 14.8. The van der Waals surface area contributed by atoms with Gasteiger partial charge in [0.1, 0.15) is 5.60 Å². The quantitative estimate of drug-likeness (QED) is 0.783. The zero-order valence-corrected chi connectivity index (χ0v) is 14.8. The summed E-state index contributed by atoms with van der Waals surface area (Å²) in [6.07, 6.45) is 0. The van der Waals surface area contributed by atoms with Crippen molar-refractivity contribution >= 4 is 25.2 Å². The van der Waals surface area contributed by atoms with Gasteiger partial charge >= 0.3 is 14.2 Å². The molecule has 1 aromatic rings. The molecule has 2 fully saturated rings. The molecule has 6 heteroatoms. The van der Waals surface area contributed by atoms with E-state index in [1.54, 1.807) is 0 Å². The van der Waals surface area contributed by atoms with Gasteiger partial charge in [-0.05, 0) is 52.5 Å². The first-order chi connectivity index (χ1) is 10.5. The number of rotatable bonds is 2. The van der Waals surface area contributed by atoms with Crippen molar-refractivity contribution in [2.24, 2.45) is 0 Å². The van der Waals surface area contributed by atoms with Crippen molar-refractivity contribution in [3.05, 3.63) is 36.6 Å². The van der Waals surface area contributed by atoms with Gasteiger partial charge in [-0.15, -0.1) is 0 Å². The predicted molar refractivity (Wildman–Crippen MR) is 92.9 cm³/mol. The van der Waals surface area contributed by atoms with Crippen molar-refractivity contribution < 1.29 is 18.6 Å². The van der Waals surface area contributed by atoms with Gasteiger partial charge in [0.25, 0.3) is 0 Å². The third-order valence-corrected chi connectivity index (χ3v) is 5.06. The third kappa shape index (κ3) is 2.84. The van der Waals surface area contributed by atoms with Gasteiger partial charge in [0.15, 0.2) is 0 Å². The van der Waals surface area contributed by atoms with Crippen molar-refractivity contribution in [3.8, 4) is 0 Å². The Morgan fingerprint density at radius 3 is 1.57 bits per heavy atom. The van der Waals surface area contributed by atoms with Crippen LogP contribution >= 0.6 is 0 Å². The maximum Gasteiger partial charge on any atom is 0.563 e. The van der Waals surface area contributed by atoms with E-state index in [-0.39, 0.29) is 18.3 Å². The standard InChI is InChI=1S/C17H24B2O4/c1-12-15(2,3)21-18(20-12)13-8-10-14(11-9-13)19-22-16(4,5)17(6,7)23-19/h8-11H,1H2,2-7H3. The van der Waals surface area contributed by atoms with Gasteiger partial charge in [0.2, 0.25) is 0 Å². The summed E-state index contributed by atoms with van der Waals surface area (Å²) in [4.78, 5) is 0. The Kier molecular flexibility index (Phi) is 3.71. The molecule has 122 valence electrons. The Labute approximate surface area is 139 Å². The molecule has 0 spiro atoms. The fourth-order valence-electron chi connectivity index (χ4n) is 2.55. The molecule has 2 aliphatic rings.